The van der Waals surface area contributed by atoms with E-state index in [2.05, 4.69) is 32.7 Å². The third-order valence-electron chi connectivity index (χ3n) is 1.75. The minimum absolute atomic E-state index is 0.0647. The topological polar surface area (TPSA) is 21.6 Å². The molecule has 2 nitrogen and oxygen atoms in total. The minimum atomic E-state index is 0.0647. The van der Waals surface area contributed by atoms with E-state index in [1.165, 1.54) is 0 Å². The van der Waals surface area contributed by atoms with Crippen LogP contribution in [0.4, 0.5) is 0 Å². The van der Waals surface area contributed by atoms with Crippen LogP contribution in [0.25, 0.3) is 0 Å². The lowest BCUT2D eigenvalue weighted by Gasteiger charge is -2.30. The highest BCUT2D eigenvalue weighted by Crippen LogP contribution is 2.26. The molecule has 0 aromatic carbocycles. The number of hydrogen-bond donors (Lipinski definition) is 0. The molecule has 0 aromatic rings. The van der Waals surface area contributed by atoms with Gasteiger partial charge in [-0.1, -0.05) is 18.7 Å². The van der Waals surface area contributed by atoms with E-state index < -0.39 is 0 Å². The average molecular weight is 187 g/mol. The maximum atomic E-state index is 5.58. The molecule has 0 aliphatic carbocycles. The van der Waals surface area contributed by atoms with Crippen LogP contribution in [0.5, 0.6) is 0 Å². The van der Waals surface area contributed by atoms with Gasteiger partial charge in [-0.25, -0.2) is 4.99 Å². The van der Waals surface area contributed by atoms with E-state index in [9.17, 15) is 0 Å². The van der Waals surface area contributed by atoms with Crippen LogP contribution in [0.1, 0.15) is 34.1 Å². The second-order valence-electron chi connectivity index (χ2n) is 3.76. The van der Waals surface area contributed by atoms with Gasteiger partial charge in [0.15, 0.2) is 0 Å². The predicted octanol–water partition coefficient (Wildman–Crippen LogP) is 2.68. The second-order valence-corrected chi connectivity index (χ2v) is 4.97. The summed E-state index contributed by atoms with van der Waals surface area (Å²) in [4.78, 5) is 4.51. The van der Waals surface area contributed by atoms with Crippen molar-refractivity contribution in [1.82, 2.24) is 0 Å². The first kappa shape index (κ1) is 9.90. The molecule has 0 saturated heterocycles. The van der Waals surface area contributed by atoms with Gasteiger partial charge in [-0.15, -0.1) is 0 Å². The molecule has 1 aliphatic heterocycles. The third-order valence-corrected chi connectivity index (χ3v) is 2.47. The van der Waals surface area contributed by atoms with Crippen molar-refractivity contribution in [3.63, 3.8) is 0 Å². The lowest BCUT2D eigenvalue weighted by molar-refractivity contribution is 0.152. The molecular weight excluding hydrogens is 170 g/mol. The Kier molecular flexibility index (Phi) is 3.04. The Labute approximate surface area is 78.8 Å². The van der Waals surface area contributed by atoms with Gasteiger partial charge in [-0.2, -0.15) is 0 Å². The molecule has 1 aliphatic rings. The third kappa shape index (κ3) is 2.70. The van der Waals surface area contributed by atoms with Gasteiger partial charge in [-0.05, 0) is 26.5 Å². The average Bonchev–Trinajstić information content (AvgIpc) is 1.82. The molecule has 1 atom stereocenters. The highest BCUT2D eigenvalue weighted by molar-refractivity contribution is 8.13. The van der Waals surface area contributed by atoms with E-state index in [0.29, 0.717) is 6.10 Å². The van der Waals surface area contributed by atoms with Gasteiger partial charge in [0.05, 0.1) is 5.54 Å². The van der Waals surface area contributed by atoms with Crippen LogP contribution >= 0.6 is 11.8 Å². The van der Waals surface area contributed by atoms with Crippen LogP contribution in [0.2, 0.25) is 0 Å². The summed E-state index contributed by atoms with van der Waals surface area (Å²) in [7, 11) is 0. The van der Waals surface area contributed by atoms with Crippen LogP contribution in [0, 0.1) is 0 Å². The fourth-order valence-corrected chi connectivity index (χ4v) is 2.22. The molecule has 0 saturated carbocycles. The summed E-state index contributed by atoms with van der Waals surface area (Å²) in [6.07, 6.45) is 1.33. The van der Waals surface area contributed by atoms with Gasteiger partial charge in [0.2, 0.25) is 5.23 Å². The molecule has 0 bridgehead atoms. The zero-order valence-corrected chi connectivity index (χ0v) is 9.07. The van der Waals surface area contributed by atoms with Crippen molar-refractivity contribution in [3.05, 3.63) is 0 Å². The van der Waals surface area contributed by atoms with Crippen molar-refractivity contribution in [2.45, 2.75) is 45.8 Å². The van der Waals surface area contributed by atoms with Crippen molar-refractivity contribution in [2.24, 2.45) is 4.99 Å². The van der Waals surface area contributed by atoms with Crippen molar-refractivity contribution in [3.8, 4) is 0 Å². The molecule has 0 unspecified atom stereocenters. The van der Waals surface area contributed by atoms with Crippen LogP contribution in [0.3, 0.4) is 0 Å². The first-order valence-electron chi connectivity index (χ1n) is 4.43. The number of nitrogens with zero attached hydrogens (tertiary/aromatic N) is 1. The smallest absolute Gasteiger partial charge is 0.246 e. The fraction of sp³-hybridized carbons (Fsp3) is 0.889. The van der Waals surface area contributed by atoms with Gasteiger partial charge in [0, 0.05) is 6.42 Å². The molecule has 70 valence electrons. The quantitative estimate of drug-likeness (QED) is 0.629. The highest BCUT2D eigenvalue weighted by atomic mass is 32.2. The molecule has 12 heavy (non-hydrogen) atoms. The minimum Gasteiger partial charge on any atom is -0.470 e. The summed E-state index contributed by atoms with van der Waals surface area (Å²) in [6, 6.07) is 0. The lowest BCUT2D eigenvalue weighted by atomic mass is 9.98. The number of thioether (sulfide) groups is 1. The normalized spacial score (nSPS) is 27.7. The summed E-state index contributed by atoms with van der Waals surface area (Å²) in [5.74, 6) is 1.03. The molecule has 0 fully saturated rings. The molecule has 1 heterocycles. The van der Waals surface area contributed by atoms with E-state index in [-0.39, 0.29) is 5.54 Å². The van der Waals surface area contributed by atoms with Gasteiger partial charge in [0.25, 0.3) is 0 Å². The van der Waals surface area contributed by atoms with E-state index in [4.69, 9.17) is 4.74 Å². The van der Waals surface area contributed by atoms with Crippen LogP contribution in [-0.2, 0) is 4.74 Å². The van der Waals surface area contributed by atoms with Gasteiger partial charge < -0.3 is 4.74 Å². The van der Waals surface area contributed by atoms with E-state index in [1.54, 1.807) is 11.8 Å². The van der Waals surface area contributed by atoms with Gasteiger partial charge >= 0.3 is 0 Å². The van der Waals surface area contributed by atoms with E-state index >= 15 is 0 Å². The number of rotatable bonds is 1. The van der Waals surface area contributed by atoms with Gasteiger partial charge in [-0.3, -0.25) is 0 Å². The summed E-state index contributed by atoms with van der Waals surface area (Å²) in [5.41, 5.74) is 0.0647. The predicted molar refractivity (Wildman–Crippen MR) is 54.8 cm³/mol. The summed E-state index contributed by atoms with van der Waals surface area (Å²) >= 11 is 1.69. The summed E-state index contributed by atoms with van der Waals surface area (Å²) in [6.45, 7) is 8.53. The monoisotopic (exact) mass is 187 g/mol. The van der Waals surface area contributed by atoms with E-state index in [1.807, 2.05) is 0 Å². The Morgan fingerprint density at radius 3 is 2.83 bits per heavy atom. The lowest BCUT2D eigenvalue weighted by Crippen LogP contribution is -2.32. The molecule has 3 heteroatoms. The largest absolute Gasteiger partial charge is 0.470 e. The second kappa shape index (κ2) is 3.69. The first-order chi connectivity index (χ1) is 5.53. The summed E-state index contributed by atoms with van der Waals surface area (Å²) in [5, 5.41) is 0.862. The molecule has 0 amide bonds. The standard InChI is InChI=1S/C9H17NOS/c1-5-12-8-10-9(3,4)6-7(2)11-8/h7H,5-6H2,1-4H3/t7-/m0/s1. The van der Waals surface area contributed by atoms with Crippen molar-refractivity contribution < 1.29 is 4.74 Å². The van der Waals surface area contributed by atoms with Crippen LogP contribution in [0.15, 0.2) is 4.99 Å². The zero-order chi connectivity index (χ0) is 9.19. The van der Waals surface area contributed by atoms with Crippen molar-refractivity contribution in [1.29, 1.82) is 0 Å². The molecular formula is C9H17NOS. The number of hydrogen-bond acceptors (Lipinski definition) is 3. The summed E-state index contributed by atoms with van der Waals surface area (Å²) < 4.78 is 5.58. The maximum absolute atomic E-state index is 5.58. The zero-order valence-electron chi connectivity index (χ0n) is 8.26. The molecule has 0 spiro atoms. The van der Waals surface area contributed by atoms with Crippen molar-refractivity contribution >= 4 is 17.0 Å². The Bertz CT molecular complexity index is 189. The molecule has 1 rings (SSSR count). The first-order valence-corrected chi connectivity index (χ1v) is 5.41. The Morgan fingerprint density at radius 2 is 2.33 bits per heavy atom. The Balaban J connectivity index is 2.66. The highest BCUT2D eigenvalue weighted by Gasteiger charge is 2.27. The molecule has 0 radical (unpaired) electrons. The fourth-order valence-electron chi connectivity index (χ4n) is 1.43. The van der Waals surface area contributed by atoms with Gasteiger partial charge in [0.1, 0.15) is 6.10 Å². The SMILES string of the molecule is CCSC1=NC(C)(C)C[C@H](C)O1. The molecule has 0 aromatic heterocycles. The van der Waals surface area contributed by atoms with Crippen molar-refractivity contribution in [2.75, 3.05) is 5.75 Å². The Hall–Kier alpha value is -0.180. The van der Waals surface area contributed by atoms with Crippen LogP contribution in [-0.4, -0.2) is 22.6 Å². The number of aliphatic imine (C=N–C) groups is 1. The molecule has 0 N–H and O–H groups in total. The van der Waals surface area contributed by atoms with E-state index in [0.717, 1.165) is 17.4 Å². The number of ether oxygens (including phenoxy) is 1. The maximum Gasteiger partial charge on any atom is 0.246 e. The van der Waals surface area contributed by atoms with Crippen LogP contribution < -0.4 is 0 Å². The Morgan fingerprint density at radius 1 is 1.67 bits per heavy atom.